The molecule has 0 aromatic rings. The van der Waals surface area contributed by atoms with E-state index in [9.17, 15) is 0 Å². The van der Waals surface area contributed by atoms with Gasteiger partial charge < -0.3 is 24.2 Å². The first-order chi connectivity index (χ1) is 8.41. The van der Waals surface area contributed by atoms with Gasteiger partial charge in [0.05, 0.1) is 46.2 Å². The quantitative estimate of drug-likeness (QED) is 0.264. The lowest BCUT2D eigenvalue weighted by Crippen LogP contribution is -2.17. The van der Waals surface area contributed by atoms with Crippen molar-refractivity contribution in [2.45, 2.75) is 0 Å². The molecule has 2 N–H and O–H groups in total. The Balaban J connectivity index is 2.87. The van der Waals surface area contributed by atoms with Crippen LogP contribution in [0.5, 0.6) is 0 Å². The number of hydrogen-bond donors (Lipinski definition) is 2. The van der Waals surface area contributed by atoms with Gasteiger partial charge in [-0.05, 0) is 0 Å². The van der Waals surface area contributed by atoms with Crippen molar-refractivity contribution < 1.29 is 24.2 Å². The van der Waals surface area contributed by atoms with Gasteiger partial charge in [-0.3, -0.25) is 0 Å². The Kier molecular flexibility index (Phi) is 14.7. The van der Waals surface area contributed by atoms with Crippen LogP contribution in [0.3, 0.4) is 0 Å². The Morgan fingerprint density at radius 2 is 1.29 bits per heavy atom. The van der Waals surface area contributed by atoms with Crippen molar-refractivity contribution in [3.8, 4) is 12.3 Å². The van der Waals surface area contributed by atoms with Crippen LogP contribution in [0.15, 0.2) is 0 Å². The van der Waals surface area contributed by atoms with Crippen LogP contribution in [0.25, 0.3) is 0 Å². The van der Waals surface area contributed by atoms with Crippen molar-refractivity contribution in [3.63, 3.8) is 0 Å². The monoisotopic (exact) mass is 247 g/mol. The van der Waals surface area contributed by atoms with Crippen molar-refractivity contribution >= 4 is 0 Å². The lowest BCUT2D eigenvalue weighted by atomic mass is 10.7. The molecule has 0 bridgehead atoms. The van der Waals surface area contributed by atoms with Crippen molar-refractivity contribution in [2.75, 3.05) is 59.4 Å². The predicted octanol–water partition coefficient (Wildman–Crippen LogP) is -0.335. The summed E-state index contributed by atoms with van der Waals surface area (Å²) in [6, 6.07) is 0. The first-order valence-electron chi connectivity index (χ1n) is 5.53. The second-order valence-electron chi connectivity index (χ2n) is 3.00. The van der Waals surface area contributed by atoms with Gasteiger partial charge in [-0.2, -0.15) is 0 Å². The van der Waals surface area contributed by atoms with Crippen LogP contribution in [0, 0.1) is 12.3 Å². The van der Waals surface area contributed by atoms with Crippen molar-refractivity contribution in [1.29, 1.82) is 0 Å². The summed E-state index contributed by atoms with van der Waals surface area (Å²) >= 11 is 0. The summed E-state index contributed by atoms with van der Waals surface area (Å²) in [5.74, 6) is 2.37. The van der Waals surface area contributed by atoms with Gasteiger partial charge in [0.25, 0.3) is 0 Å². The molecule has 0 aromatic carbocycles. The van der Waals surface area contributed by atoms with E-state index in [4.69, 9.17) is 30.6 Å². The minimum Gasteiger partial charge on any atom is -0.378 e. The van der Waals surface area contributed by atoms with Crippen LogP contribution in [0.2, 0.25) is 0 Å². The second kappa shape index (κ2) is 15.3. The number of ether oxygens (including phenoxy) is 4. The van der Waals surface area contributed by atoms with E-state index in [0.717, 1.165) is 0 Å². The molecular weight excluding hydrogens is 226 g/mol. The largest absolute Gasteiger partial charge is 0.378 e. The zero-order valence-corrected chi connectivity index (χ0v) is 10.0. The highest BCUT2D eigenvalue weighted by Crippen LogP contribution is 1.82. The summed E-state index contributed by atoms with van der Waals surface area (Å²) in [7, 11) is 0. The third-order valence-electron chi connectivity index (χ3n) is 1.66. The molecule has 0 aliphatic rings. The lowest BCUT2D eigenvalue weighted by molar-refractivity contribution is -0.00107. The van der Waals surface area contributed by atoms with Gasteiger partial charge in [0.1, 0.15) is 6.61 Å². The van der Waals surface area contributed by atoms with E-state index in [1.165, 1.54) is 0 Å². The highest BCUT2D eigenvalue weighted by atomic mass is 16.6. The van der Waals surface area contributed by atoms with E-state index in [1.807, 2.05) is 5.48 Å². The summed E-state index contributed by atoms with van der Waals surface area (Å²) in [5.41, 5.74) is 2.00. The average molecular weight is 247 g/mol. The molecule has 0 aromatic heterocycles. The minimum absolute atomic E-state index is 0.319. The van der Waals surface area contributed by atoms with E-state index in [0.29, 0.717) is 59.4 Å². The Bertz CT molecular complexity index is 183. The minimum atomic E-state index is 0.319. The van der Waals surface area contributed by atoms with Crippen LogP contribution < -0.4 is 5.48 Å². The molecule has 0 fully saturated rings. The Morgan fingerprint density at radius 1 is 0.824 bits per heavy atom. The van der Waals surface area contributed by atoms with Crippen LogP contribution >= 0.6 is 0 Å². The molecule has 0 atom stereocenters. The maximum absolute atomic E-state index is 8.24. The molecule has 0 aliphatic heterocycles. The fourth-order valence-electron chi connectivity index (χ4n) is 0.909. The fraction of sp³-hybridized carbons (Fsp3) is 0.818. The summed E-state index contributed by atoms with van der Waals surface area (Å²) in [6.07, 6.45) is 5.00. The van der Waals surface area contributed by atoms with Crippen LogP contribution in [0.1, 0.15) is 0 Å². The highest BCUT2D eigenvalue weighted by Gasteiger charge is 1.91. The van der Waals surface area contributed by atoms with Gasteiger partial charge in [-0.25, -0.2) is 5.48 Å². The Hall–Kier alpha value is -0.680. The number of hydroxylamine groups is 1. The van der Waals surface area contributed by atoms with Gasteiger partial charge in [-0.15, -0.1) is 6.42 Å². The van der Waals surface area contributed by atoms with Crippen LogP contribution in [-0.4, -0.2) is 64.6 Å². The molecule has 0 saturated carbocycles. The maximum atomic E-state index is 8.24. The van der Waals surface area contributed by atoms with E-state index in [-0.39, 0.29) is 0 Å². The standard InChI is InChI=1S/C11H21NO5/c1-2-4-14-6-8-16-10-11-17-9-7-15-5-3-12-13/h1,12-13H,3-11H2. The Morgan fingerprint density at radius 3 is 1.76 bits per heavy atom. The lowest BCUT2D eigenvalue weighted by Gasteiger charge is -2.06. The smallest absolute Gasteiger partial charge is 0.107 e. The van der Waals surface area contributed by atoms with Crippen molar-refractivity contribution in [2.24, 2.45) is 0 Å². The SMILES string of the molecule is C#CCOCCOCCOCCOCCNO. The molecule has 100 valence electrons. The van der Waals surface area contributed by atoms with Crippen LogP contribution in [-0.2, 0) is 18.9 Å². The van der Waals surface area contributed by atoms with Gasteiger partial charge in [0.15, 0.2) is 0 Å². The molecule has 6 nitrogen and oxygen atoms in total. The molecule has 6 heteroatoms. The van der Waals surface area contributed by atoms with Gasteiger partial charge in [-0.1, -0.05) is 5.92 Å². The first-order valence-corrected chi connectivity index (χ1v) is 5.53. The second-order valence-corrected chi connectivity index (χ2v) is 3.00. The number of rotatable bonds is 13. The number of nitrogens with one attached hydrogen (secondary N) is 1. The summed E-state index contributed by atoms with van der Waals surface area (Å²) in [5, 5.41) is 8.24. The molecule has 0 radical (unpaired) electrons. The summed E-state index contributed by atoms with van der Waals surface area (Å²) in [4.78, 5) is 0. The molecule has 0 spiro atoms. The van der Waals surface area contributed by atoms with E-state index in [1.54, 1.807) is 0 Å². The molecule has 0 rings (SSSR count). The molecule has 0 amide bonds. The molecule has 0 unspecified atom stereocenters. The summed E-state index contributed by atoms with van der Waals surface area (Å²) in [6.45, 7) is 4.29. The first kappa shape index (κ1) is 16.3. The van der Waals surface area contributed by atoms with Gasteiger partial charge >= 0.3 is 0 Å². The molecule has 17 heavy (non-hydrogen) atoms. The normalized spacial score (nSPS) is 10.4. The predicted molar refractivity (Wildman–Crippen MR) is 61.9 cm³/mol. The van der Waals surface area contributed by atoms with Crippen molar-refractivity contribution in [1.82, 2.24) is 5.48 Å². The van der Waals surface area contributed by atoms with Gasteiger partial charge in [0, 0.05) is 6.54 Å². The topological polar surface area (TPSA) is 69.2 Å². The van der Waals surface area contributed by atoms with E-state index >= 15 is 0 Å². The average Bonchev–Trinajstić information content (AvgIpc) is 2.35. The van der Waals surface area contributed by atoms with Crippen molar-refractivity contribution in [3.05, 3.63) is 0 Å². The molecule has 0 heterocycles. The molecular formula is C11H21NO5. The Labute approximate surface area is 102 Å². The summed E-state index contributed by atoms with van der Waals surface area (Å²) < 4.78 is 20.6. The third-order valence-corrected chi connectivity index (χ3v) is 1.66. The fourth-order valence-corrected chi connectivity index (χ4v) is 0.909. The zero-order chi connectivity index (χ0) is 12.6. The number of hydrogen-bond acceptors (Lipinski definition) is 6. The molecule has 0 saturated heterocycles. The van der Waals surface area contributed by atoms with E-state index < -0.39 is 0 Å². The number of terminal acetylenes is 1. The highest BCUT2D eigenvalue weighted by molar-refractivity contribution is 4.82. The zero-order valence-electron chi connectivity index (χ0n) is 10.0. The van der Waals surface area contributed by atoms with E-state index in [2.05, 4.69) is 5.92 Å². The van der Waals surface area contributed by atoms with Crippen LogP contribution in [0.4, 0.5) is 0 Å². The third kappa shape index (κ3) is 15.3. The maximum Gasteiger partial charge on any atom is 0.107 e. The van der Waals surface area contributed by atoms with Gasteiger partial charge in [0.2, 0.25) is 0 Å². The molecule has 0 aliphatic carbocycles.